The normalized spacial score (nSPS) is 15.2. The summed E-state index contributed by atoms with van der Waals surface area (Å²) in [5, 5.41) is 7.37. The molecule has 0 atom stereocenters. The van der Waals surface area contributed by atoms with Crippen molar-refractivity contribution < 1.29 is 18.4 Å². The fourth-order valence-electron chi connectivity index (χ4n) is 5.27. The van der Waals surface area contributed by atoms with Gasteiger partial charge in [-0.15, -0.1) is 5.10 Å². The second kappa shape index (κ2) is 12.5. The number of nitrogens with zero attached hydrogens (tertiary/aromatic N) is 8. The van der Waals surface area contributed by atoms with E-state index in [-0.39, 0.29) is 30.1 Å². The lowest BCUT2D eigenvalue weighted by molar-refractivity contribution is -0.132. The Morgan fingerprint density at radius 3 is 2.26 bits per heavy atom. The molecule has 0 aliphatic carbocycles. The van der Waals surface area contributed by atoms with E-state index in [0.717, 1.165) is 30.9 Å². The van der Waals surface area contributed by atoms with E-state index in [1.165, 1.54) is 28.9 Å². The molecule has 2 aliphatic rings. The summed E-state index contributed by atoms with van der Waals surface area (Å²) in [7, 11) is 0. The third-order valence-electron chi connectivity index (χ3n) is 7.63. The molecule has 2 aromatic carbocycles. The van der Waals surface area contributed by atoms with Gasteiger partial charge in [-0.1, -0.05) is 0 Å². The molecule has 2 aliphatic heterocycles. The van der Waals surface area contributed by atoms with Crippen molar-refractivity contribution in [3.8, 4) is 22.8 Å². The number of aryl methyl sites for hydroxylation is 1. The molecule has 11 nitrogen and oxygen atoms in total. The van der Waals surface area contributed by atoms with Crippen LogP contribution < -0.4 is 10.2 Å². The Morgan fingerprint density at radius 2 is 1.58 bits per heavy atom. The molecule has 2 fully saturated rings. The van der Waals surface area contributed by atoms with E-state index in [1.54, 1.807) is 35.5 Å². The summed E-state index contributed by atoms with van der Waals surface area (Å²) in [4.78, 5) is 44.3. The number of amides is 3. The van der Waals surface area contributed by atoms with E-state index in [0.29, 0.717) is 62.0 Å². The lowest BCUT2D eigenvalue weighted by Gasteiger charge is -2.35. The van der Waals surface area contributed by atoms with E-state index in [4.69, 9.17) is 0 Å². The topological polar surface area (TPSA) is 112 Å². The van der Waals surface area contributed by atoms with E-state index in [2.05, 4.69) is 30.3 Å². The number of benzene rings is 2. The van der Waals surface area contributed by atoms with Crippen LogP contribution in [0.5, 0.6) is 0 Å². The Hall–Kier alpha value is -4.94. The molecule has 2 saturated heterocycles. The number of carbonyl (C=O) groups is 2. The van der Waals surface area contributed by atoms with Crippen molar-refractivity contribution >= 4 is 17.8 Å². The van der Waals surface area contributed by atoms with Gasteiger partial charge < -0.3 is 20.0 Å². The molecule has 43 heavy (non-hydrogen) atoms. The van der Waals surface area contributed by atoms with Crippen LogP contribution in [0.4, 0.5) is 19.4 Å². The van der Waals surface area contributed by atoms with Crippen molar-refractivity contribution in [3.05, 3.63) is 78.3 Å². The van der Waals surface area contributed by atoms with Gasteiger partial charge >= 0.3 is 6.03 Å². The van der Waals surface area contributed by atoms with Gasteiger partial charge in [0, 0.05) is 68.7 Å². The van der Waals surface area contributed by atoms with Gasteiger partial charge in [-0.2, -0.15) is 0 Å². The van der Waals surface area contributed by atoms with Crippen molar-refractivity contribution in [2.24, 2.45) is 0 Å². The minimum Gasteiger partial charge on any atom is -0.353 e. The van der Waals surface area contributed by atoms with Crippen LogP contribution in [-0.2, 0) is 17.8 Å². The molecule has 0 radical (unpaired) electrons. The summed E-state index contributed by atoms with van der Waals surface area (Å²) < 4.78 is 28.6. The maximum Gasteiger partial charge on any atom is 0.317 e. The van der Waals surface area contributed by atoms with Crippen molar-refractivity contribution in [1.82, 2.24) is 39.8 Å². The van der Waals surface area contributed by atoms with Gasteiger partial charge in [0.2, 0.25) is 5.91 Å². The largest absolute Gasteiger partial charge is 0.353 e. The number of anilines is 1. The Bertz CT molecular complexity index is 1590. The highest BCUT2D eigenvalue weighted by molar-refractivity contribution is 5.77. The zero-order valence-electron chi connectivity index (χ0n) is 23.5. The van der Waals surface area contributed by atoms with Crippen molar-refractivity contribution in [2.45, 2.75) is 19.4 Å². The highest BCUT2D eigenvalue weighted by Crippen LogP contribution is 2.24. The number of hydrogen-bond acceptors (Lipinski definition) is 7. The van der Waals surface area contributed by atoms with Gasteiger partial charge in [-0.25, -0.2) is 33.2 Å². The molecule has 6 rings (SSSR count). The molecule has 1 N–H and O–H groups in total. The number of nitrogens with one attached hydrogen (secondary N) is 1. The van der Waals surface area contributed by atoms with Crippen molar-refractivity contribution in [2.75, 3.05) is 50.7 Å². The molecule has 222 valence electrons. The number of piperazine rings is 1. The van der Waals surface area contributed by atoms with Crippen LogP contribution in [0.15, 0.2) is 60.9 Å². The predicted octanol–water partition coefficient (Wildman–Crippen LogP) is 2.99. The summed E-state index contributed by atoms with van der Waals surface area (Å²) in [6.07, 6.45) is 3.12. The average Bonchev–Trinajstić information content (AvgIpc) is 3.64. The summed E-state index contributed by atoms with van der Waals surface area (Å²) in [6.45, 7) is 4.30. The number of aromatic nitrogens is 5. The minimum absolute atomic E-state index is 0.0142. The second-order valence-corrected chi connectivity index (χ2v) is 10.5. The summed E-state index contributed by atoms with van der Waals surface area (Å²) in [6, 6.07) is 13.6. The first-order chi connectivity index (χ1) is 20.9. The minimum atomic E-state index is -0.380. The van der Waals surface area contributed by atoms with Crippen molar-refractivity contribution in [1.29, 1.82) is 0 Å². The molecule has 0 bridgehead atoms. The number of carbonyl (C=O) groups excluding carboxylic acids is 2. The molecule has 13 heteroatoms. The van der Waals surface area contributed by atoms with Crippen LogP contribution in [0.25, 0.3) is 22.8 Å². The first-order valence-corrected chi connectivity index (χ1v) is 14.3. The molecule has 0 spiro atoms. The number of urea groups is 1. The summed E-state index contributed by atoms with van der Waals surface area (Å²) in [5.74, 6) is 0.713. The van der Waals surface area contributed by atoms with Gasteiger partial charge in [-0.05, 0) is 61.4 Å². The first kappa shape index (κ1) is 28.2. The highest BCUT2D eigenvalue weighted by atomic mass is 19.1. The van der Waals surface area contributed by atoms with Crippen LogP contribution in [0, 0.1) is 11.6 Å². The Morgan fingerprint density at radius 1 is 0.884 bits per heavy atom. The molecular weight excluding hydrogens is 556 g/mol. The molecule has 4 heterocycles. The van der Waals surface area contributed by atoms with Crippen LogP contribution >= 0.6 is 0 Å². The summed E-state index contributed by atoms with van der Waals surface area (Å²) in [5.41, 5.74) is 2.14. The fraction of sp³-hybridized carbons (Fsp3) is 0.333. The third kappa shape index (κ3) is 6.60. The van der Waals surface area contributed by atoms with E-state index in [1.807, 2.05) is 11.0 Å². The molecule has 3 amide bonds. The lowest BCUT2D eigenvalue weighted by Crippen LogP contribution is -2.50. The second-order valence-electron chi connectivity index (χ2n) is 10.5. The van der Waals surface area contributed by atoms with Gasteiger partial charge in [0.15, 0.2) is 11.6 Å². The quantitative estimate of drug-likeness (QED) is 0.321. The number of hydrogen-bond donors (Lipinski definition) is 1. The zero-order chi connectivity index (χ0) is 29.8. The fourth-order valence-corrected chi connectivity index (χ4v) is 5.27. The van der Waals surface area contributed by atoms with E-state index < -0.39 is 0 Å². The predicted molar refractivity (Wildman–Crippen MR) is 155 cm³/mol. The monoisotopic (exact) mass is 587 g/mol. The highest BCUT2D eigenvalue weighted by Gasteiger charge is 2.25. The van der Waals surface area contributed by atoms with Crippen LogP contribution in [0.1, 0.15) is 12.1 Å². The van der Waals surface area contributed by atoms with Crippen LogP contribution in [-0.4, -0.2) is 92.3 Å². The number of rotatable bonds is 9. The van der Waals surface area contributed by atoms with E-state index >= 15 is 0 Å². The molecular formula is C30H31F2N9O2. The zero-order valence-corrected chi connectivity index (χ0v) is 23.5. The molecule has 0 unspecified atom stereocenters. The standard InChI is InChI=1S/C30H31F2N9O2/c31-23-7-3-21(4-8-23)28-36-29(22-5-9-24(32)10-6-22)41(37-28)19-27(42)39-16-14-38(15-17-39)26-18-25(34-20-35-26)2-1-12-40-13-11-33-30(40)43/h3-10,18,20H,1-2,11-17,19H2,(H,33,43). The molecule has 2 aromatic heterocycles. The van der Waals surface area contributed by atoms with Gasteiger partial charge in [0.25, 0.3) is 0 Å². The lowest BCUT2D eigenvalue weighted by atomic mass is 10.2. The van der Waals surface area contributed by atoms with Crippen LogP contribution in [0.3, 0.4) is 0 Å². The maximum absolute atomic E-state index is 13.6. The van der Waals surface area contributed by atoms with Gasteiger partial charge in [0.1, 0.15) is 30.3 Å². The van der Waals surface area contributed by atoms with Crippen LogP contribution in [0.2, 0.25) is 0 Å². The van der Waals surface area contributed by atoms with Gasteiger partial charge in [0.05, 0.1) is 0 Å². The van der Waals surface area contributed by atoms with Crippen molar-refractivity contribution in [3.63, 3.8) is 0 Å². The summed E-state index contributed by atoms with van der Waals surface area (Å²) >= 11 is 0. The Labute approximate surface area is 247 Å². The smallest absolute Gasteiger partial charge is 0.317 e. The van der Waals surface area contributed by atoms with Gasteiger partial charge in [-0.3, -0.25) is 4.79 Å². The molecule has 0 saturated carbocycles. The maximum atomic E-state index is 13.6. The molecule has 4 aromatic rings. The SMILES string of the molecule is O=C(Cn1nc(-c2ccc(F)cc2)nc1-c1ccc(F)cc1)N1CCN(c2cc(CCCN3CCNC3=O)ncn2)CC1. The Kier molecular flexibility index (Phi) is 8.20. The first-order valence-electron chi connectivity index (χ1n) is 14.3. The van der Waals surface area contributed by atoms with E-state index in [9.17, 15) is 18.4 Å². The average molecular weight is 588 g/mol. The third-order valence-corrected chi connectivity index (χ3v) is 7.63. The number of halogens is 2. The Balaban J connectivity index is 1.09.